The van der Waals surface area contributed by atoms with Crippen LogP contribution in [-0.4, -0.2) is 6.26 Å². The zero-order valence-corrected chi connectivity index (χ0v) is 11.2. The summed E-state index contributed by atoms with van der Waals surface area (Å²) in [6.07, 6.45) is 5.97. The highest BCUT2D eigenvalue weighted by atomic mass is 32.2. The molecule has 0 heterocycles. The third kappa shape index (κ3) is 3.57. The minimum absolute atomic E-state index is 0.238. The molecule has 1 heteroatoms. The quantitative estimate of drug-likeness (QED) is 0.700. The molecule has 0 spiro atoms. The van der Waals surface area contributed by atoms with Crippen LogP contribution in [0.5, 0.6) is 0 Å². The van der Waals surface area contributed by atoms with Crippen molar-refractivity contribution >= 4 is 11.8 Å². The van der Waals surface area contributed by atoms with Gasteiger partial charge in [0.15, 0.2) is 0 Å². The summed E-state index contributed by atoms with van der Waals surface area (Å²) in [5.41, 5.74) is 2.93. The lowest BCUT2D eigenvalue weighted by atomic mass is 9.98. The van der Waals surface area contributed by atoms with Gasteiger partial charge < -0.3 is 0 Å². The number of unbranched alkanes of at least 4 members (excludes halogenated alkanes) is 1. The fourth-order valence-corrected chi connectivity index (χ4v) is 1.96. The van der Waals surface area contributed by atoms with Crippen LogP contribution in [0.1, 0.15) is 44.7 Å². The molecule has 1 aromatic rings. The van der Waals surface area contributed by atoms with Crippen molar-refractivity contribution in [3.05, 3.63) is 35.4 Å². The van der Waals surface area contributed by atoms with E-state index >= 15 is 0 Å². The van der Waals surface area contributed by atoms with Gasteiger partial charge in [0.05, 0.1) is 0 Å². The molecular weight excluding hydrogens is 200 g/mol. The van der Waals surface area contributed by atoms with Crippen molar-refractivity contribution in [2.24, 2.45) is 0 Å². The first-order valence-corrected chi connectivity index (χ1v) is 6.97. The fourth-order valence-electron chi connectivity index (χ4n) is 1.60. The van der Waals surface area contributed by atoms with Crippen molar-refractivity contribution in [1.29, 1.82) is 0 Å². The third-order valence-corrected chi connectivity index (χ3v) is 4.21. The molecule has 0 atom stereocenters. The molecule has 0 unspecified atom stereocenters. The van der Waals surface area contributed by atoms with Gasteiger partial charge in [-0.1, -0.05) is 37.6 Å². The van der Waals surface area contributed by atoms with Crippen LogP contribution in [0.2, 0.25) is 0 Å². The predicted octanol–water partition coefficient (Wildman–Crippen LogP) is 4.63. The molecule has 0 radical (unpaired) electrons. The molecule has 15 heavy (non-hydrogen) atoms. The highest BCUT2D eigenvalue weighted by Gasteiger charge is 2.18. The Morgan fingerprint density at radius 3 is 2.60 bits per heavy atom. The van der Waals surface area contributed by atoms with Crippen LogP contribution in [0.3, 0.4) is 0 Å². The first-order valence-electron chi connectivity index (χ1n) is 5.74. The van der Waals surface area contributed by atoms with Gasteiger partial charge in [0, 0.05) is 4.75 Å². The Hall–Kier alpha value is -0.430. The molecule has 1 rings (SSSR count). The first kappa shape index (κ1) is 12.6. The van der Waals surface area contributed by atoms with Crippen molar-refractivity contribution in [2.45, 2.75) is 44.8 Å². The molecule has 0 saturated carbocycles. The molecule has 0 bridgehead atoms. The van der Waals surface area contributed by atoms with Crippen molar-refractivity contribution in [1.82, 2.24) is 0 Å². The Labute approximate surface area is 98.5 Å². The van der Waals surface area contributed by atoms with E-state index in [-0.39, 0.29) is 4.75 Å². The van der Waals surface area contributed by atoms with E-state index in [0.717, 1.165) is 0 Å². The molecule has 1 aromatic carbocycles. The maximum Gasteiger partial charge on any atom is 0.0349 e. The molecule has 0 N–H and O–H groups in total. The molecule has 0 nitrogen and oxygen atoms in total. The minimum Gasteiger partial charge on any atom is -0.154 e. The first-order chi connectivity index (χ1) is 7.10. The summed E-state index contributed by atoms with van der Waals surface area (Å²) in [5, 5.41) is 0. The van der Waals surface area contributed by atoms with E-state index in [9.17, 15) is 0 Å². The van der Waals surface area contributed by atoms with Gasteiger partial charge in [-0.05, 0) is 44.1 Å². The van der Waals surface area contributed by atoms with Gasteiger partial charge in [-0.3, -0.25) is 0 Å². The second kappa shape index (κ2) is 5.60. The molecule has 0 saturated heterocycles. The summed E-state index contributed by atoms with van der Waals surface area (Å²) < 4.78 is 0.238. The van der Waals surface area contributed by atoms with E-state index in [1.54, 1.807) is 0 Å². The van der Waals surface area contributed by atoms with Crippen LogP contribution in [0.15, 0.2) is 24.3 Å². The monoisotopic (exact) mass is 222 g/mol. The highest BCUT2D eigenvalue weighted by Crippen LogP contribution is 2.33. The summed E-state index contributed by atoms with van der Waals surface area (Å²) in [4.78, 5) is 0. The van der Waals surface area contributed by atoms with E-state index in [2.05, 4.69) is 51.3 Å². The highest BCUT2D eigenvalue weighted by molar-refractivity contribution is 7.99. The van der Waals surface area contributed by atoms with Gasteiger partial charge in [-0.15, -0.1) is 0 Å². The Morgan fingerprint density at radius 1 is 1.27 bits per heavy atom. The van der Waals surface area contributed by atoms with Crippen molar-refractivity contribution in [3.63, 3.8) is 0 Å². The molecule has 0 aliphatic heterocycles. The zero-order valence-electron chi connectivity index (χ0n) is 10.3. The van der Waals surface area contributed by atoms with E-state index in [0.29, 0.717) is 0 Å². The summed E-state index contributed by atoms with van der Waals surface area (Å²) in [5.74, 6) is 0. The summed E-state index contributed by atoms with van der Waals surface area (Å²) in [6.45, 7) is 6.82. The largest absolute Gasteiger partial charge is 0.154 e. The van der Waals surface area contributed by atoms with Gasteiger partial charge in [-0.2, -0.15) is 11.8 Å². The van der Waals surface area contributed by atoms with Gasteiger partial charge >= 0.3 is 0 Å². The second-order valence-corrected chi connectivity index (χ2v) is 5.95. The van der Waals surface area contributed by atoms with E-state index in [1.807, 2.05) is 11.8 Å². The van der Waals surface area contributed by atoms with Crippen molar-refractivity contribution < 1.29 is 0 Å². The lowest BCUT2D eigenvalue weighted by Crippen LogP contribution is -2.11. The lowest BCUT2D eigenvalue weighted by Gasteiger charge is -2.23. The summed E-state index contributed by atoms with van der Waals surface area (Å²) in [6, 6.07) is 9.05. The predicted molar refractivity (Wildman–Crippen MR) is 71.6 cm³/mol. The minimum atomic E-state index is 0.238. The van der Waals surface area contributed by atoms with Crippen LogP contribution in [0, 0.1) is 0 Å². The Morgan fingerprint density at radius 2 is 2.00 bits per heavy atom. The van der Waals surface area contributed by atoms with Crippen molar-refractivity contribution in [3.8, 4) is 0 Å². The SMILES string of the molecule is CCCCc1cccc(C(C)(C)SC)c1. The smallest absolute Gasteiger partial charge is 0.0349 e. The molecular formula is C14H22S. The zero-order chi connectivity index (χ0) is 11.3. The van der Waals surface area contributed by atoms with Gasteiger partial charge in [-0.25, -0.2) is 0 Å². The van der Waals surface area contributed by atoms with Gasteiger partial charge in [0.25, 0.3) is 0 Å². The summed E-state index contributed by atoms with van der Waals surface area (Å²) >= 11 is 1.91. The molecule has 0 aliphatic carbocycles. The number of benzene rings is 1. The van der Waals surface area contributed by atoms with Crippen LogP contribution in [0.4, 0.5) is 0 Å². The maximum absolute atomic E-state index is 2.37. The third-order valence-electron chi connectivity index (χ3n) is 2.95. The number of hydrogen-bond acceptors (Lipinski definition) is 1. The molecule has 0 aromatic heterocycles. The Kier molecular flexibility index (Phi) is 4.72. The van der Waals surface area contributed by atoms with Gasteiger partial charge in [0.2, 0.25) is 0 Å². The number of rotatable bonds is 5. The normalized spacial score (nSPS) is 11.7. The molecule has 84 valence electrons. The molecule has 0 amide bonds. The number of aryl methyl sites for hydroxylation is 1. The topological polar surface area (TPSA) is 0 Å². The average Bonchev–Trinajstić information content (AvgIpc) is 2.27. The Bertz CT molecular complexity index is 302. The maximum atomic E-state index is 2.37. The lowest BCUT2D eigenvalue weighted by molar-refractivity contribution is 0.768. The van der Waals surface area contributed by atoms with Crippen molar-refractivity contribution in [2.75, 3.05) is 6.26 Å². The van der Waals surface area contributed by atoms with Gasteiger partial charge in [0.1, 0.15) is 0 Å². The van der Waals surface area contributed by atoms with Crippen LogP contribution in [0.25, 0.3) is 0 Å². The van der Waals surface area contributed by atoms with Crippen LogP contribution in [-0.2, 0) is 11.2 Å². The standard InChI is InChI=1S/C14H22S/c1-5-6-8-12-9-7-10-13(11-12)14(2,3)15-4/h7,9-11H,5-6,8H2,1-4H3. The average molecular weight is 222 g/mol. The number of thioether (sulfide) groups is 1. The molecule has 0 aliphatic rings. The van der Waals surface area contributed by atoms with E-state index in [1.165, 1.54) is 30.4 Å². The Balaban J connectivity index is 2.82. The number of hydrogen-bond donors (Lipinski definition) is 0. The summed E-state index contributed by atoms with van der Waals surface area (Å²) in [7, 11) is 0. The van der Waals surface area contributed by atoms with Crippen LogP contribution >= 0.6 is 11.8 Å². The van der Waals surface area contributed by atoms with E-state index < -0.39 is 0 Å². The van der Waals surface area contributed by atoms with E-state index in [4.69, 9.17) is 0 Å². The second-order valence-electron chi connectivity index (χ2n) is 4.52. The fraction of sp³-hybridized carbons (Fsp3) is 0.571. The molecule has 0 fully saturated rings. The van der Waals surface area contributed by atoms with Crippen LogP contribution < -0.4 is 0 Å².